The van der Waals surface area contributed by atoms with Gasteiger partial charge in [-0.15, -0.1) is 0 Å². The van der Waals surface area contributed by atoms with E-state index in [1.165, 1.54) is 0 Å². The summed E-state index contributed by atoms with van der Waals surface area (Å²) in [5, 5.41) is 0. The van der Waals surface area contributed by atoms with Crippen LogP contribution in [-0.4, -0.2) is 33.9 Å². The van der Waals surface area contributed by atoms with Crippen molar-refractivity contribution in [3.8, 4) is 0 Å². The topological polar surface area (TPSA) is 49.0 Å². The second-order valence-corrected chi connectivity index (χ2v) is 5.78. The molecule has 1 aromatic carbocycles. The zero-order valence-electron chi connectivity index (χ0n) is 11.2. The Morgan fingerprint density at radius 2 is 1.85 bits per heavy atom. The number of benzene rings is 1. The standard InChI is InChI=1S/C16H17N3O/c20-16(15-17-13-7-3-4-8-14(13)18-15)19-9-11-5-1-2-6-12(11)10-19/h1-4,7-8,11-12H,5-6,9-10H2,(H,17,18)/t11-,12+. The average Bonchev–Trinajstić information content (AvgIpc) is 3.10. The minimum absolute atomic E-state index is 0.0376. The minimum atomic E-state index is 0.0376. The number of rotatable bonds is 1. The third kappa shape index (κ3) is 1.83. The van der Waals surface area contributed by atoms with E-state index in [1.54, 1.807) is 0 Å². The van der Waals surface area contributed by atoms with Crippen molar-refractivity contribution in [2.45, 2.75) is 12.8 Å². The largest absolute Gasteiger partial charge is 0.335 e. The highest BCUT2D eigenvalue weighted by Crippen LogP contribution is 2.33. The van der Waals surface area contributed by atoms with Crippen LogP contribution in [0.1, 0.15) is 23.5 Å². The number of nitrogens with zero attached hydrogens (tertiary/aromatic N) is 2. The molecule has 1 N–H and O–H groups in total. The second-order valence-electron chi connectivity index (χ2n) is 5.78. The van der Waals surface area contributed by atoms with Gasteiger partial charge in [-0.05, 0) is 36.8 Å². The third-order valence-electron chi connectivity index (χ3n) is 4.50. The zero-order valence-corrected chi connectivity index (χ0v) is 11.2. The van der Waals surface area contributed by atoms with E-state index in [2.05, 4.69) is 22.1 Å². The Balaban J connectivity index is 1.58. The van der Waals surface area contributed by atoms with Gasteiger partial charge in [0.05, 0.1) is 11.0 Å². The van der Waals surface area contributed by atoms with Gasteiger partial charge in [-0.1, -0.05) is 24.3 Å². The molecule has 1 aliphatic heterocycles. The van der Waals surface area contributed by atoms with Crippen molar-refractivity contribution in [2.24, 2.45) is 11.8 Å². The number of aromatic nitrogens is 2. The number of fused-ring (bicyclic) bond motifs is 2. The predicted octanol–water partition coefficient (Wildman–Crippen LogP) is 2.60. The number of para-hydroxylation sites is 2. The monoisotopic (exact) mass is 267 g/mol. The predicted molar refractivity (Wildman–Crippen MR) is 77.4 cm³/mol. The van der Waals surface area contributed by atoms with E-state index in [4.69, 9.17) is 0 Å². The van der Waals surface area contributed by atoms with Gasteiger partial charge in [0, 0.05) is 13.1 Å². The molecule has 0 unspecified atom stereocenters. The number of hydrogen-bond donors (Lipinski definition) is 1. The van der Waals surface area contributed by atoms with Crippen molar-refractivity contribution in [1.82, 2.24) is 14.9 Å². The molecule has 1 aliphatic carbocycles. The Hall–Kier alpha value is -2.10. The number of imidazole rings is 1. The molecule has 20 heavy (non-hydrogen) atoms. The number of nitrogens with one attached hydrogen (secondary N) is 1. The Bertz CT molecular complexity index is 639. The van der Waals surface area contributed by atoms with Crippen LogP contribution >= 0.6 is 0 Å². The lowest BCUT2D eigenvalue weighted by molar-refractivity contribution is 0.0773. The smallest absolute Gasteiger partial charge is 0.289 e. The van der Waals surface area contributed by atoms with Gasteiger partial charge < -0.3 is 9.88 Å². The van der Waals surface area contributed by atoms with E-state index in [-0.39, 0.29) is 5.91 Å². The average molecular weight is 267 g/mol. The maximum atomic E-state index is 12.6. The first-order chi connectivity index (χ1) is 9.81. The van der Waals surface area contributed by atoms with Gasteiger partial charge in [0.15, 0.2) is 5.82 Å². The van der Waals surface area contributed by atoms with Crippen molar-refractivity contribution in [1.29, 1.82) is 0 Å². The maximum absolute atomic E-state index is 12.6. The maximum Gasteiger partial charge on any atom is 0.289 e. The number of aromatic amines is 1. The van der Waals surface area contributed by atoms with Gasteiger partial charge in [-0.3, -0.25) is 4.79 Å². The summed E-state index contributed by atoms with van der Waals surface area (Å²) in [6.45, 7) is 1.73. The molecule has 1 fully saturated rings. The van der Waals surface area contributed by atoms with Crippen LogP contribution in [-0.2, 0) is 0 Å². The van der Waals surface area contributed by atoms with Gasteiger partial charge >= 0.3 is 0 Å². The van der Waals surface area contributed by atoms with Gasteiger partial charge in [-0.25, -0.2) is 4.98 Å². The minimum Gasteiger partial charge on any atom is -0.335 e. The molecule has 4 rings (SSSR count). The summed E-state index contributed by atoms with van der Waals surface area (Å²) in [6, 6.07) is 7.77. The van der Waals surface area contributed by atoms with E-state index in [9.17, 15) is 4.79 Å². The first-order valence-corrected chi connectivity index (χ1v) is 7.20. The van der Waals surface area contributed by atoms with Crippen molar-refractivity contribution in [3.05, 3.63) is 42.2 Å². The van der Waals surface area contributed by atoms with E-state index >= 15 is 0 Å². The van der Waals surface area contributed by atoms with E-state index in [1.807, 2.05) is 29.2 Å². The first-order valence-electron chi connectivity index (χ1n) is 7.20. The second kappa shape index (κ2) is 4.47. The molecular formula is C16H17N3O. The summed E-state index contributed by atoms with van der Waals surface area (Å²) in [6.07, 6.45) is 6.70. The van der Waals surface area contributed by atoms with Gasteiger partial charge in [0.1, 0.15) is 0 Å². The van der Waals surface area contributed by atoms with Gasteiger partial charge in [0.25, 0.3) is 5.91 Å². The fourth-order valence-corrected chi connectivity index (χ4v) is 3.38. The normalized spacial score (nSPS) is 25.1. The summed E-state index contributed by atoms with van der Waals surface area (Å²) in [5.41, 5.74) is 1.78. The SMILES string of the molecule is O=C(c1nc2ccccc2[nH]1)N1C[C@H]2CC=CC[C@H]2C1. The summed E-state index contributed by atoms with van der Waals surface area (Å²) < 4.78 is 0. The molecule has 4 heteroatoms. The lowest BCUT2D eigenvalue weighted by Crippen LogP contribution is -2.29. The van der Waals surface area contributed by atoms with Gasteiger partial charge in [0.2, 0.25) is 0 Å². The Morgan fingerprint density at radius 3 is 2.55 bits per heavy atom. The number of allylic oxidation sites excluding steroid dienone is 2. The fraction of sp³-hybridized carbons (Fsp3) is 0.375. The van der Waals surface area contributed by atoms with Gasteiger partial charge in [-0.2, -0.15) is 0 Å². The molecule has 0 radical (unpaired) electrons. The van der Waals surface area contributed by atoms with Crippen LogP contribution in [0.4, 0.5) is 0 Å². The van der Waals surface area contributed by atoms with Crippen LogP contribution in [0.5, 0.6) is 0 Å². The number of H-pyrrole nitrogens is 1. The number of hydrogen-bond acceptors (Lipinski definition) is 2. The van der Waals surface area contributed by atoms with Crippen molar-refractivity contribution in [3.63, 3.8) is 0 Å². The zero-order chi connectivity index (χ0) is 13.5. The number of carbonyl (C=O) groups excluding carboxylic acids is 1. The molecule has 1 amide bonds. The van der Waals surface area contributed by atoms with Crippen molar-refractivity contribution >= 4 is 16.9 Å². The fourth-order valence-electron chi connectivity index (χ4n) is 3.38. The number of likely N-dealkylation sites (tertiary alicyclic amines) is 1. The van der Waals surface area contributed by atoms with E-state index < -0.39 is 0 Å². The molecular weight excluding hydrogens is 250 g/mol. The van der Waals surface area contributed by atoms with E-state index in [0.29, 0.717) is 17.7 Å². The van der Waals surface area contributed by atoms with Crippen LogP contribution < -0.4 is 0 Å². The molecule has 4 nitrogen and oxygen atoms in total. The van der Waals surface area contributed by atoms with Crippen LogP contribution in [0.25, 0.3) is 11.0 Å². The summed E-state index contributed by atoms with van der Waals surface area (Å²) in [5.74, 6) is 1.77. The molecule has 2 atom stereocenters. The third-order valence-corrected chi connectivity index (χ3v) is 4.50. The number of carbonyl (C=O) groups is 1. The molecule has 2 heterocycles. The van der Waals surface area contributed by atoms with Crippen molar-refractivity contribution in [2.75, 3.05) is 13.1 Å². The highest BCUT2D eigenvalue weighted by Gasteiger charge is 2.36. The summed E-state index contributed by atoms with van der Waals surface area (Å²) >= 11 is 0. The Labute approximate surface area is 117 Å². The molecule has 0 saturated carbocycles. The van der Waals surface area contributed by atoms with Crippen LogP contribution in [0.2, 0.25) is 0 Å². The molecule has 102 valence electrons. The molecule has 0 bridgehead atoms. The Morgan fingerprint density at radius 1 is 1.15 bits per heavy atom. The highest BCUT2D eigenvalue weighted by atomic mass is 16.2. The van der Waals surface area contributed by atoms with Crippen LogP contribution in [0.15, 0.2) is 36.4 Å². The highest BCUT2D eigenvalue weighted by molar-refractivity contribution is 5.94. The molecule has 2 aliphatic rings. The van der Waals surface area contributed by atoms with Crippen LogP contribution in [0, 0.1) is 11.8 Å². The summed E-state index contributed by atoms with van der Waals surface area (Å²) in [4.78, 5) is 22.1. The lowest BCUT2D eigenvalue weighted by Gasteiger charge is -2.17. The van der Waals surface area contributed by atoms with Crippen LogP contribution in [0.3, 0.4) is 0 Å². The van der Waals surface area contributed by atoms with Crippen molar-refractivity contribution < 1.29 is 4.79 Å². The Kier molecular flexibility index (Phi) is 2.62. The first kappa shape index (κ1) is 11.7. The lowest BCUT2D eigenvalue weighted by atomic mass is 9.86. The molecule has 0 spiro atoms. The molecule has 1 aromatic heterocycles. The van der Waals surface area contributed by atoms with E-state index in [0.717, 1.165) is 37.0 Å². The summed E-state index contributed by atoms with van der Waals surface area (Å²) in [7, 11) is 0. The number of amides is 1. The molecule has 2 aromatic rings. The molecule has 1 saturated heterocycles. The quantitative estimate of drug-likeness (QED) is 0.807.